The first-order valence-corrected chi connectivity index (χ1v) is 11.7. The van der Waals surface area contributed by atoms with Crippen LogP contribution in [0.1, 0.15) is 49.1 Å². The maximum atomic E-state index is 13.8. The Labute approximate surface area is 206 Å². The molecule has 2 fully saturated rings. The van der Waals surface area contributed by atoms with Crippen molar-refractivity contribution in [2.45, 2.75) is 50.2 Å². The predicted molar refractivity (Wildman–Crippen MR) is 130 cm³/mol. The van der Waals surface area contributed by atoms with E-state index in [1.807, 2.05) is 6.07 Å². The Balaban J connectivity index is 1.63. The number of nitrogens with one attached hydrogen (secondary N) is 3. The minimum Gasteiger partial charge on any atom is -0.351 e. The second kappa shape index (κ2) is 10.4. The molecule has 1 unspecified atom stereocenters. The van der Waals surface area contributed by atoms with Crippen LogP contribution in [-0.2, 0) is 11.0 Å². The SMILES string of the molecule is C=CC(=O)Nc1cc(C2CCC2)ccc1Nc1nc(NC2CCCN(C(N)=O)C2)ncc1C(F)(F)F. The molecule has 2 aliphatic rings. The number of aromatic nitrogens is 2. The fourth-order valence-electron chi connectivity index (χ4n) is 4.31. The lowest BCUT2D eigenvalue weighted by molar-refractivity contribution is -0.137. The number of rotatable bonds is 7. The van der Waals surface area contributed by atoms with Gasteiger partial charge in [0.05, 0.1) is 11.4 Å². The zero-order chi connectivity index (χ0) is 25.9. The minimum absolute atomic E-state index is 0.0235. The maximum absolute atomic E-state index is 13.8. The Hall–Kier alpha value is -3.83. The van der Waals surface area contributed by atoms with E-state index >= 15 is 0 Å². The van der Waals surface area contributed by atoms with Gasteiger partial charge >= 0.3 is 12.2 Å². The van der Waals surface area contributed by atoms with Crippen molar-refractivity contribution in [2.75, 3.05) is 29.0 Å². The van der Waals surface area contributed by atoms with Crippen LogP contribution < -0.4 is 21.7 Å². The van der Waals surface area contributed by atoms with E-state index in [0.717, 1.165) is 30.9 Å². The quantitative estimate of drug-likeness (QED) is 0.410. The number of halogens is 3. The van der Waals surface area contributed by atoms with E-state index in [2.05, 4.69) is 32.5 Å². The minimum atomic E-state index is -4.72. The second-order valence-corrected chi connectivity index (χ2v) is 8.97. The molecule has 36 heavy (non-hydrogen) atoms. The first kappa shape index (κ1) is 25.3. The molecule has 0 radical (unpaired) electrons. The molecular weight excluding hydrogens is 475 g/mol. The largest absolute Gasteiger partial charge is 0.421 e. The fourth-order valence-corrected chi connectivity index (χ4v) is 4.31. The standard InChI is InChI=1S/C24H28F3N7O2/c1-2-20(35)31-19-11-15(14-5-3-6-14)8-9-18(19)32-21-17(24(25,26)27)12-29-23(33-21)30-16-7-4-10-34(13-16)22(28)36/h2,8-9,11-12,14,16H,1,3-7,10,13H2,(H2,28,36)(H,31,35)(H2,29,30,32,33). The van der Waals surface area contributed by atoms with Gasteiger partial charge in [-0.3, -0.25) is 4.79 Å². The van der Waals surface area contributed by atoms with Crippen molar-refractivity contribution in [3.8, 4) is 0 Å². The number of nitrogens with zero attached hydrogens (tertiary/aromatic N) is 3. The van der Waals surface area contributed by atoms with Gasteiger partial charge < -0.3 is 26.6 Å². The highest BCUT2D eigenvalue weighted by molar-refractivity contribution is 6.01. The number of piperidine rings is 1. The van der Waals surface area contributed by atoms with Crippen LogP contribution >= 0.6 is 0 Å². The number of anilines is 4. The molecule has 3 amide bonds. The number of urea groups is 1. The van der Waals surface area contributed by atoms with Gasteiger partial charge in [-0.2, -0.15) is 18.2 Å². The topological polar surface area (TPSA) is 125 Å². The maximum Gasteiger partial charge on any atom is 0.421 e. The molecule has 1 aromatic carbocycles. The summed E-state index contributed by atoms with van der Waals surface area (Å²) in [6.07, 6.45) is 1.60. The third kappa shape index (κ3) is 5.86. The number of hydrogen-bond donors (Lipinski definition) is 4. The molecule has 1 aliphatic heterocycles. The molecule has 2 aromatic rings. The predicted octanol–water partition coefficient (Wildman–Crippen LogP) is 4.59. The number of amides is 3. The van der Waals surface area contributed by atoms with Crippen molar-refractivity contribution in [3.63, 3.8) is 0 Å². The van der Waals surface area contributed by atoms with Crippen LogP contribution in [0.2, 0.25) is 0 Å². The van der Waals surface area contributed by atoms with Gasteiger partial charge in [0.25, 0.3) is 0 Å². The Morgan fingerprint density at radius 3 is 2.58 bits per heavy atom. The van der Waals surface area contributed by atoms with Gasteiger partial charge in [0.15, 0.2) is 0 Å². The highest BCUT2D eigenvalue weighted by atomic mass is 19.4. The number of benzene rings is 1. The summed E-state index contributed by atoms with van der Waals surface area (Å²) in [6, 6.07) is 4.41. The summed E-state index contributed by atoms with van der Waals surface area (Å²) in [6.45, 7) is 4.26. The first-order valence-electron chi connectivity index (χ1n) is 11.7. The summed E-state index contributed by atoms with van der Waals surface area (Å²) >= 11 is 0. The van der Waals surface area contributed by atoms with Crippen molar-refractivity contribution in [1.29, 1.82) is 0 Å². The van der Waals surface area contributed by atoms with Crippen molar-refractivity contribution < 1.29 is 22.8 Å². The van der Waals surface area contributed by atoms with E-state index in [1.165, 1.54) is 4.90 Å². The number of alkyl halides is 3. The summed E-state index contributed by atoms with van der Waals surface area (Å²) < 4.78 is 41.4. The number of nitrogens with two attached hydrogens (primary N) is 1. The van der Waals surface area contributed by atoms with Gasteiger partial charge in [-0.1, -0.05) is 19.1 Å². The number of likely N-dealkylation sites (tertiary alicyclic amines) is 1. The second-order valence-electron chi connectivity index (χ2n) is 8.97. The third-order valence-electron chi connectivity index (χ3n) is 6.48. The highest BCUT2D eigenvalue weighted by Gasteiger charge is 2.36. The zero-order valence-corrected chi connectivity index (χ0v) is 19.6. The molecule has 0 spiro atoms. The summed E-state index contributed by atoms with van der Waals surface area (Å²) in [7, 11) is 0. The molecule has 4 rings (SSSR count). The molecule has 9 nitrogen and oxygen atoms in total. The zero-order valence-electron chi connectivity index (χ0n) is 19.6. The molecule has 0 bridgehead atoms. The smallest absolute Gasteiger partial charge is 0.351 e. The van der Waals surface area contributed by atoms with Gasteiger partial charge in [-0.05, 0) is 55.4 Å². The normalized spacial score (nSPS) is 18.2. The fraction of sp³-hybridized carbons (Fsp3) is 0.417. The Bertz CT molecular complexity index is 1150. The van der Waals surface area contributed by atoms with Crippen LogP contribution in [-0.4, -0.2) is 45.9 Å². The Kier molecular flexibility index (Phi) is 7.32. The van der Waals surface area contributed by atoms with Crippen LogP contribution in [0.25, 0.3) is 0 Å². The van der Waals surface area contributed by atoms with Crippen molar-refractivity contribution in [3.05, 3.63) is 48.2 Å². The van der Waals surface area contributed by atoms with Gasteiger partial charge in [0.2, 0.25) is 11.9 Å². The van der Waals surface area contributed by atoms with E-state index in [0.29, 0.717) is 43.7 Å². The molecule has 1 aromatic heterocycles. The number of carbonyl (C=O) groups excluding carboxylic acids is 2. The van der Waals surface area contributed by atoms with Crippen LogP contribution in [0.4, 0.5) is 41.1 Å². The van der Waals surface area contributed by atoms with Crippen LogP contribution in [0, 0.1) is 0 Å². The number of hydrogen-bond acceptors (Lipinski definition) is 6. The summed E-state index contributed by atoms with van der Waals surface area (Å²) in [5.41, 5.74) is 5.88. The van der Waals surface area contributed by atoms with Crippen molar-refractivity contribution >= 4 is 35.1 Å². The van der Waals surface area contributed by atoms with Gasteiger partial charge in [-0.25, -0.2) is 9.78 Å². The third-order valence-corrected chi connectivity index (χ3v) is 6.48. The van der Waals surface area contributed by atoms with Crippen molar-refractivity contribution in [2.24, 2.45) is 5.73 Å². The summed E-state index contributed by atoms with van der Waals surface area (Å²) in [4.78, 5) is 32.9. The summed E-state index contributed by atoms with van der Waals surface area (Å²) in [5.74, 6) is -0.617. The molecule has 1 aliphatic carbocycles. The first-order chi connectivity index (χ1) is 17.1. The molecule has 1 saturated carbocycles. The van der Waals surface area contributed by atoms with Gasteiger partial charge in [0, 0.05) is 25.3 Å². The van der Waals surface area contributed by atoms with E-state index < -0.39 is 29.5 Å². The summed E-state index contributed by atoms with van der Waals surface area (Å²) in [5, 5.41) is 8.41. The van der Waals surface area contributed by atoms with E-state index in [1.54, 1.807) is 12.1 Å². The average molecular weight is 504 g/mol. The van der Waals surface area contributed by atoms with Crippen LogP contribution in [0.3, 0.4) is 0 Å². The molecule has 1 saturated heterocycles. The lowest BCUT2D eigenvalue weighted by Crippen LogP contribution is -2.47. The highest BCUT2D eigenvalue weighted by Crippen LogP contribution is 2.40. The molecule has 5 N–H and O–H groups in total. The van der Waals surface area contributed by atoms with Crippen LogP contribution in [0.5, 0.6) is 0 Å². The van der Waals surface area contributed by atoms with E-state index in [-0.39, 0.29) is 17.7 Å². The molecule has 12 heteroatoms. The lowest BCUT2D eigenvalue weighted by atomic mass is 9.80. The molecule has 192 valence electrons. The van der Waals surface area contributed by atoms with E-state index in [9.17, 15) is 22.8 Å². The molecular formula is C24H28F3N7O2. The van der Waals surface area contributed by atoms with E-state index in [4.69, 9.17) is 5.73 Å². The number of primary amides is 1. The van der Waals surface area contributed by atoms with Gasteiger partial charge in [-0.15, -0.1) is 0 Å². The lowest BCUT2D eigenvalue weighted by Gasteiger charge is -2.32. The average Bonchev–Trinajstić information content (AvgIpc) is 2.79. The van der Waals surface area contributed by atoms with Gasteiger partial charge in [0.1, 0.15) is 11.4 Å². The Morgan fingerprint density at radius 2 is 1.94 bits per heavy atom. The Morgan fingerprint density at radius 1 is 1.17 bits per heavy atom. The van der Waals surface area contributed by atoms with Crippen molar-refractivity contribution in [1.82, 2.24) is 14.9 Å². The monoisotopic (exact) mass is 503 g/mol. The molecule has 1 atom stereocenters. The molecule has 2 heterocycles. The van der Waals surface area contributed by atoms with Crippen LogP contribution in [0.15, 0.2) is 37.1 Å². The number of carbonyl (C=O) groups is 2.